The van der Waals surface area contributed by atoms with Crippen molar-refractivity contribution < 1.29 is 4.52 Å². The fourth-order valence-electron chi connectivity index (χ4n) is 1.65. The van der Waals surface area contributed by atoms with Gasteiger partial charge in [-0.05, 0) is 12.1 Å². The number of anilines is 1. The number of hydrogen-bond donors (Lipinski definition) is 1. The van der Waals surface area contributed by atoms with Crippen LogP contribution in [0, 0.1) is 0 Å². The van der Waals surface area contributed by atoms with E-state index in [2.05, 4.69) is 10.3 Å². The molecule has 0 aliphatic rings. The lowest BCUT2D eigenvalue weighted by Gasteiger charge is -2.01. The number of nitrogen functional groups attached to an aromatic ring is 1. The van der Waals surface area contributed by atoms with Gasteiger partial charge in [0.1, 0.15) is 5.69 Å². The topological polar surface area (TPSA) is 69.9 Å². The minimum absolute atomic E-state index is 0.299. The number of benzene rings is 1. The van der Waals surface area contributed by atoms with Crippen LogP contribution in [0.25, 0.3) is 16.9 Å². The van der Waals surface area contributed by atoms with Crippen LogP contribution in [0.4, 0.5) is 5.88 Å². The zero-order valence-corrected chi connectivity index (χ0v) is 10.0. The maximum atomic E-state index is 5.82. The Morgan fingerprint density at radius 2 is 2.00 bits per heavy atom. The van der Waals surface area contributed by atoms with E-state index in [1.165, 1.54) is 0 Å². The maximum Gasteiger partial charge on any atom is 0.222 e. The van der Waals surface area contributed by atoms with Gasteiger partial charge in [0.25, 0.3) is 0 Å². The minimum Gasteiger partial charge on any atom is -0.368 e. The SMILES string of the molecule is Nc1cc(-c2ccc(-n3cc(Cl)cn3)cc2)no1. The summed E-state index contributed by atoms with van der Waals surface area (Å²) >= 11 is 5.82. The first-order chi connectivity index (χ1) is 8.72. The van der Waals surface area contributed by atoms with Crippen molar-refractivity contribution in [3.63, 3.8) is 0 Å². The van der Waals surface area contributed by atoms with E-state index in [4.69, 9.17) is 21.9 Å². The lowest BCUT2D eigenvalue weighted by atomic mass is 10.1. The summed E-state index contributed by atoms with van der Waals surface area (Å²) in [6.07, 6.45) is 3.33. The van der Waals surface area contributed by atoms with E-state index in [1.54, 1.807) is 23.1 Å². The average molecular weight is 261 g/mol. The summed E-state index contributed by atoms with van der Waals surface area (Å²) in [6, 6.07) is 9.36. The molecule has 1 aromatic carbocycles. The molecule has 0 fully saturated rings. The van der Waals surface area contributed by atoms with Gasteiger partial charge in [0.2, 0.25) is 5.88 Å². The lowest BCUT2D eigenvalue weighted by Crippen LogP contribution is -1.93. The molecule has 0 radical (unpaired) electrons. The van der Waals surface area contributed by atoms with Crippen LogP contribution < -0.4 is 5.73 Å². The van der Waals surface area contributed by atoms with Gasteiger partial charge in [0, 0.05) is 17.8 Å². The third kappa shape index (κ3) is 1.96. The van der Waals surface area contributed by atoms with Crippen LogP contribution in [0.2, 0.25) is 5.02 Å². The Balaban J connectivity index is 1.94. The van der Waals surface area contributed by atoms with Crippen LogP contribution in [0.1, 0.15) is 0 Å². The van der Waals surface area contributed by atoms with Crippen LogP contribution in [-0.4, -0.2) is 14.9 Å². The first-order valence-corrected chi connectivity index (χ1v) is 5.63. The Labute approximate surface area is 108 Å². The third-order valence-corrected chi connectivity index (χ3v) is 2.70. The first kappa shape index (κ1) is 10.9. The summed E-state index contributed by atoms with van der Waals surface area (Å²) in [7, 11) is 0. The van der Waals surface area contributed by atoms with Gasteiger partial charge in [-0.15, -0.1) is 0 Å². The average Bonchev–Trinajstić information content (AvgIpc) is 2.98. The fourth-order valence-corrected chi connectivity index (χ4v) is 1.79. The largest absolute Gasteiger partial charge is 0.368 e. The van der Waals surface area contributed by atoms with E-state index in [1.807, 2.05) is 24.3 Å². The molecule has 3 aromatic rings. The Morgan fingerprint density at radius 3 is 2.56 bits per heavy atom. The van der Waals surface area contributed by atoms with Gasteiger partial charge in [0.05, 0.1) is 16.9 Å². The van der Waals surface area contributed by atoms with Crippen molar-refractivity contribution in [2.45, 2.75) is 0 Å². The van der Waals surface area contributed by atoms with E-state index in [9.17, 15) is 0 Å². The number of halogens is 1. The quantitative estimate of drug-likeness (QED) is 0.769. The Hall–Kier alpha value is -2.27. The molecule has 0 bridgehead atoms. The summed E-state index contributed by atoms with van der Waals surface area (Å²) in [5.74, 6) is 0.299. The zero-order valence-electron chi connectivity index (χ0n) is 9.25. The highest BCUT2D eigenvalue weighted by Crippen LogP contribution is 2.21. The molecule has 0 unspecified atom stereocenters. The fraction of sp³-hybridized carbons (Fsp3) is 0. The van der Waals surface area contributed by atoms with Gasteiger partial charge < -0.3 is 10.3 Å². The smallest absolute Gasteiger partial charge is 0.222 e. The van der Waals surface area contributed by atoms with Crippen molar-refractivity contribution >= 4 is 17.5 Å². The molecule has 5 nitrogen and oxygen atoms in total. The molecule has 0 aliphatic carbocycles. The summed E-state index contributed by atoms with van der Waals surface area (Å²) in [4.78, 5) is 0. The van der Waals surface area contributed by atoms with E-state index in [0.29, 0.717) is 16.6 Å². The number of aromatic nitrogens is 3. The molecule has 0 amide bonds. The summed E-state index contributed by atoms with van der Waals surface area (Å²) in [5, 5.41) is 8.57. The number of hydrogen-bond acceptors (Lipinski definition) is 4. The van der Waals surface area contributed by atoms with Crippen molar-refractivity contribution in [2.24, 2.45) is 0 Å². The van der Waals surface area contributed by atoms with Crippen molar-refractivity contribution in [3.8, 4) is 16.9 Å². The Bertz CT molecular complexity index is 612. The van der Waals surface area contributed by atoms with Crippen LogP contribution in [0.5, 0.6) is 0 Å². The van der Waals surface area contributed by atoms with Gasteiger partial charge in [-0.2, -0.15) is 5.10 Å². The predicted octanol–water partition coefficient (Wildman–Crippen LogP) is 2.76. The zero-order chi connectivity index (χ0) is 12.5. The molecular weight excluding hydrogens is 252 g/mol. The molecule has 0 aliphatic heterocycles. The monoisotopic (exact) mass is 260 g/mol. The normalized spacial score (nSPS) is 10.7. The van der Waals surface area contributed by atoms with Gasteiger partial charge in [-0.3, -0.25) is 0 Å². The van der Waals surface area contributed by atoms with Crippen LogP contribution in [-0.2, 0) is 0 Å². The summed E-state index contributed by atoms with van der Waals surface area (Å²) < 4.78 is 6.53. The van der Waals surface area contributed by atoms with Gasteiger partial charge >= 0.3 is 0 Å². The Kier molecular flexibility index (Phi) is 2.53. The highest BCUT2D eigenvalue weighted by molar-refractivity contribution is 6.30. The molecule has 18 heavy (non-hydrogen) atoms. The highest BCUT2D eigenvalue weighted by atomic mass is 35.5. The van der Waals surface area contributed by atoms with Gasteiger partial charge in [-0.1, -0.05) is 28.9 Å². The molecule has 0 saturated carbocycles. The molecule has 2 N–H and O–H groups in total. The molecule has 90 valence electrons. The lowest BCUT2D eigenvalue weighted by molar-refractivity contribution is 0.439. The number of rotatable bonds is 2. The molecule has 2 aromatic heterocycles. The predicted molar refractivity (Wildman–Crippen MR) is 68.5 cm³/mol. The summed E-state index contributed by atoms with van der Waals surface area (Å²) in [5.41, 5.74) is 8.03. The molecule has 0 saturated heterocycles. The maximum absolute atomic E-state index is 5.82. The van der Waals surface area contributed by atoms with E-state index >= 15 is 0 Å². The summed E-state index contributed by atoms with van der Waals surface area (Å²) in [6.45, 7) is 0. The van der Waals surface area contributed by atoms with Crippen molar-refractivity contribution in [3.05, 3.63) is 47.7 Å². The number of nitrogens with two attached hydrogens (primary N) is 1. The molecule has 3 rings (SSSR count). The van der Waals surface area contributed by atoms with Gasteiger partial charge in [0.15, 0.2) is 0 Å². The number of nitrogens with zero attached hydrogens (tertiary/aromatic N) is 3. The second-order valence-corrected chi connectivity index (χ2v) is 4.20. The van der Waals surface area contributed by atoms with Crippen LogP contribution in [0.3, 0.4) is 0 Å². The minimum atomic E-state index is 0.299. The van der Waals surface area contributed by atoms with E-state index in [-0.39, 0.29) is 0 Å². The van der Waals surface area contributed by atoms with Gasteiger partial charge in [-0.25, -0.2) is 4.68 Å². The van der Waals surface area contributed by atoms with Crippen molar-refractivity contribution in [1.82, 2.24) is 14.9 Å². The third-order valence-electron chi connectivity index (χ3n) is 2.51. The standard InChI is InChI=1S/C12H9ClN4O/c13-9-6-15-17(7-9)10-3-1-8(2-4-10)11-5-12(14)18-16-11/h1-7H,14H2. The second-order valence-electron chi connectivity index (χ2n) is 3.76. The molecule has 0 spiro atoms. The molecule has 2 heterocycles. The van der Waals surface area contributed by atoms with Crippen molar-refractivity contribution in [1.29, 1.82) is 0 Å². The second kappa shape index (κ2) is 4.19. The van der Waals surface area contributed by atoms with Crippen LogP contribution >= 0.6 is 11.6 Å². The first-order valence-electron chi connectivity index (χ1n) is 5.25. The van der Waals surface area contributed by atoms with Crippen molar-refractivity contribution in [2.75, 3.05) is 5.73 Å². The molecule has 0 atom stereocenters. The van der Waals surface area contributed by atoms with E-state index in [0.717, 1.165) is 11.3 Å². The van der Waals surface area contributed by atoms with E-state index < -0.39 is 0 Å². The molecule has 6 heteroatoms. The molecular formula is C12H9ClN4O. The van der Waals surface area contributed by atoms with Crippen LogP contribution in [0.15, 0.2) is 47.2 Å². The Morgan fingerprint density at radius 1 is 1.22 bits per heavy atom. The highest BCUT2D eigenvalue weighted by Gasteiger charge is 2.05.